The average molecular weight is 517 g/mol. The Hall–Kier alpha value is -2.91. The maximum Gasteiger partial charge on any atom is 0.268 e. The van der Waals surface area contributed by atoms with E-state index in [4.69, 9.17) is 18.9 Å². The Labute approximate surface area is 215 Å². The molecule has 1 aliphatic rings. The number of fused-ring (bicyclic) bond motifs is 1. The van der Waals surface area contributed by atoms with Crippen molar-refractivity contribution in [3.8, 4) is 11.5 Å². The number of methoxy groups -OCH3 is 3. The van der Waals surface area contributed by atoms with E-state index < -0.39 is 6.10 Å². The van der Waals surface area contributed by atoms with Gasteiger partial charge in [0.25, 0.3) is 5.91 Å². The molecule has 2 atom stereocenters. The number of ether oxygens (including phenoxy) is 4. The molecule has 2 unspecified atom stereocenters. The fourth-order valence-electron chi connectivity index (χ4n) is 3.37. The smallest absolute Gasteiger partial charge is 0.268 e. The van der Waals surface area contributed by atoms with Gasteiger partial charge in [0.1, 0.15) is 0 Å². The predicted molar refractivity (Wildman–Crippen MR) is 142 cm³/mol. The van der Waals surface area contributed by atoms with Gasteiger partial charge in [-0.3, -0.25) is 4.79 Å². The highest BCUT2D eigenvalue weighted by Crippen LogP contribution is 2.44. The van der Waals surface area contributed by atoms with Crippen LogP contribution >= 0.6 is 23.5 Å². The van der Waals surface area contributed by atoms with Crippen molar-refractivity contribution < 1.29 is 23.7 Å². The van der Waals surface area contributed by atoms with Crippen LogP contribution in [0, 0.1) is 0 Å². The first-order valence-electron chi connectivity index (χ1n) is 11.2. The largest absolute Gasteiger partial charge is 0.501 e. The Kier molecular flexibility index (Phi) is 9.68. The molecule has 2 aromatic rings. The summed E-state index contributed by atoms with van der Waals surface area (Å²) in [6.45, 7) is 5.77. The van der Waals surface area contributed by atoms with Crippen molar-refractivity contribution >= 4 is 35.1 Å². The Morgan fingerprint density at radius 1 is 1.11 bits per heavy atom. The van der Waals surface area contributed by atoms with Gasteiger partial charge in [-0.25, -0.2) is 0 Å². The Morgan fingerprint density at radius 3 is 2.51 bits per heavy atom. The van der Waals surface area contributed by atoms with Crippen LogP contribution in [0.25, 0.3) is 0 Å². The fourth-order valence-corrected chi connectivity index (χ4v) is 5.14. The molecule has 188 valence electrons. The fraction of sp³-hybridized carbons (Fsp3) is 0.346. The normalized spacial score (nSPS) is 16.1. The molecule has 0 saturated heterocycles. The molecule has 9 heteroatoms. The van der Waals surface area contributed by atoms with E-state index in [9.17, 15) is 4.79 Å². The van der Waals surface area contributed by atoms with E-state index in [1.165, 1.54) is 11.8 Å². The van der Waals surface area contributed by atoms with Gasteiger partial charge in [0.15, 0.2) is 17.0 Å². The monoisotopic (exact) mass is 516 g/mol. The third-order valence-electron chi connectivity index (χ3n) is 5.18. The van der Waals surface area contributed by atoms with Crippen LogP contribution in [0.3, 0.4) is 0 Å². The molecule has 0 aromatic heterocycles. The lowest BCUT2D eigenvalue weighted by atomic mass is 10.1. The summed E-state index contributed by atoms with van der Waals surface area (Å²) in [4.78, 5) is 15.5. The van der Waals surface area contributed by atoms with Gasteiger partial charge in [-0.2, -0.15) is 0 Å². The molecule has 1 heterocycles. The van der Waals surface area contributed by atoms with Crippen molar-refractivity contribution in [3.05, 3.63) is 65.6 Å². The first-order chi connectivity index (χ1) is 16.9. The molecule has 0 radical (unpaired) electrons. The summed E-state index contributed by atoms with van der Waals surface area (Å²) in [6.07, 6.45) is 2.77. The summed E-state index contributed by atoms with van der Waals surface area (Å²) in [6, 6.07) is 11.7. The van der Waals surface area contributed by atoms with Crippen molar-refractivity contribution in [1.29, 1.82) is 0 Å². The summed E-state index contributed by atoms with van der Waals surface area (Å²) < 4.78 is 22.1. The SMILES string of the molecule is CCSc1cccc(C(O/C(C)=C/C=C(\C)OC)C(=O)NC2Nc3cc(OC)c(OC)cc3S2)c1. The van der Waals surface area contributed by atoms with Crippen LogP contribution in [0.2, 0.25) is 0 Å². The number of rotatable bonds is 11. The van der Waals surface area contributed by atoms with Crippen LogP contribution in [-0.2, 0) is 14.3 Å². The van der Waals surface area contributed by atoms with Crippen LogP contribution < -0.4 is 20.1 Å². The van der Waals surface area contributed by atoms with E-state index in [0.717, 1.165) is 32.6 Å². The highest BCUT2D eigenvalue weighted by atomic mass is 32.2. The van der Waals surface area contributed by atoms with Gasteiger partial charge in [-0.05, 0) is 50.0 Å². The number of carbonyl (C=O) groups excluding carboxylic acids is 1. The van der Waals surface area contributed by atoms with Gasteiger partial charge >= 0.3 is 0 Å². The summed E-state index contributed by atoms with van der Waals surface area (Å²) in [5.41, 5.74) is 1.28. The van der Waals surface area contributed by atoms with Gasteiger partial charge < -0.3 is 29.6 Å². The maximum atomic E-state index is 13.5. The van der Waals surface area contributed by atoms with Crippen molar-refractivity contribution in [2.75, 3.05) is 32.4 Å². The molecule has 3 rings (SSSR count). The van der Waals surface area contributed by atoms with Crippen molar-refractivity contribution in [2.24, 2.45) is 0 Å². The first kappa shape index (κ1) is 26.7. The molecule has 1 amide bonds. The second kappa shape index (κ2) is 12.7. The molecule has 0 fully saturated rings. The molecule has 0 aliphatic carbocycles. The van der Waals surface area contributed by atoms with Crippen molar-refractivity contribution in [1.82, 2.24) is 5.32 Å². The van der Waals surface area contributed by atoms with Gasteiger partial charge in [-0.15, -0.1) is 11.8 Å². The molecule has 7 nitrogen and oxygen atoms in total. The second-order valence-electron chi connectivity index (χ2n) is 7.62. The van der Waals surface area contributed by atoms with Crippen LogP contribution in [0.1, 0.15) is 32.4 Å². The topological polar surface area (TPSA) is 78.1 Å². The summed E-state index contributed by atoms with van der Waals surface area (Å²) in [5, 5.41) is 6.39. The summed E-state index contributed by atoms with van der Waals surface area (Å²) >= 11 is 3.21. The number of hydrogen-bond acceptors (Lipinski definition) is 8. The third-order valence-corrected chi connectivity index (χ3v) is 7.12. The highest BCUT2D eigenvalue weighted by molar-refractivity contribution is 8.00. The number of thioether (sulfide) groups is 2. The first-order valence-corrected chi connectivity index (χ1v) is 13.0. The van der Waals surface area contributed by atoms with Crippen molar-refractivity contribution in [2.45, 2.75) is 42.2 Å². The Morgan fingerprint density at radius 2 is 1.83 bits per heavy atom. The van der Waals surface area contributed by atoms with Crippen LogP contribution in [0.15, 0.2) is 69.9 Å². The number of hydrogen-bond donors (Lipinski definition) is 2. The quantitative estimate of drug-likeness (QED) is 0.216. The lowest BCUT2D eigenvalue weighted by molar-refractivity contribution is -0.130. The zero-order chi connectivity index (χ0) is 25.4. The van der Waals surface area contributed by atoms with Gasteiger partial charge in [0.2, 0.25) is 6.10 Å². The van der Waals surface area contributed by atoms with Gasteiger partial charge in [0.05, 0.1) is 38.5 Å². The minimum atomic E-state index is -0.824. The molecule has 0 saturated carbocycles. The molecular formula is C26H32N2O5S2. The molecule has 1 aliphatic heterocycles. The Balaban J connectivity index is 1.81. The predicted octanol–water partition coefficient (Wildman–Crippen LogP) is 5.95. The van der Waals surface area contributed by atoms with Crippen LogP contribution in [0.4, 0.5) is 5.69 Å². The Bertz CT molecular complexity index is 1070. The molecular weight excluding hydrogens is 484 g/mol. The number of benzene rings is 2. The van der Waals surface area contributed by atoms with E-state index in [1.807, 2.05) is 50.2 Å². The zero-order valence-corrected chi connectivity index (χ0v) is 22.5. The van der Waals surface area contributed by atoms with Crippen LogP contribution in [0.5, 0.6) is 11.5 Å². The maximum absolute atomic E-state index is 13.5. The van der Waals surface area contributed by atoms with Crippen molar-refractivity contribution in [3.63, 3.8) is 0 Å². The van der Waals surface area contributed by atoms with E-state index >= 15 is 0 Å². The van der Waals surface area contributed by atoms with E-state index in [1.54, 1.807) is 45.2 Å². The number of allylic oxidation sites excluding steroid dienone is 4. The summed E-state index contributed by atoms with van der Waals surface area (Å²) in [7, 11) is 4.80. The average Bonchev–Trinajstić information content (AvgIpc) is 3.25. The molecule has 0 spiro atoms. The lowest BCUT2D eigenvalue weighted by Gasteiger charge is -2.22. The lowest BCUT2D eigenvalue weighted by Crippen LogP contribution is -2.39. The molecule has 2 aromatic carbocycles. The number of amides is 1. The molecule has 35 heavy (non-hydrogen) atoms. The van der Waals surface area contributed by atoms with E-state index in [2.05, 4.69) is 17.6 Å². The number of carbonyl (C=O) groups is 1. The highest BCUT2D eigenvalue weighted by Gasteiger charge is 2.30. The number of nitrogens with one attached hydrogen (secondary N) is 2. The minimum absolute atomic E-state index is 0.249. The molecule has 2 N–H and O–H groups in total. The van der Waals surface area contributed by atoms with Gasteiger partial charge in [0, 0.05) is 21.4 Å². The van der Waals surface area contributed by atoms with Crippen LogP contribution in [-0.4, -0.2) is 38.5 Å². The number of anilines is 1. The standard InChI is InChI=1S/C26H32N2O5S2/c1-7-34-19-10-8-9-18(13-19)24(33-17(3)12-11-16(2)30-4)25(29)28-26-27-20-14-21(31-5)22(32-6)15-23(20)35-26/h8-15,24,26-27H,7H2,1-6H3,(H,28,29)/b16-11+,17-12+. The molecule has 0 bridgehead atoms. The second-order valence-corrected chi connectivity index (χ2v) is 10.1. The van der Waals surface area contributed by atoms with E-state index in [0.29, 0.717) is 17.3 Å². The minimum Gasteiger partial charge on any atom is -0.501 e. The van der Waals surface area contributed by atoms with Gasteiger partial charge in [-0.1, -0.05) is 30.8 Å². The van der Waals surface area contributed by atoms with E-state index in [-0.39, 0.29) is 11.4 Å². The zero-order valence-electron chi connectivity index (χ0n) is 20.8. The summed E-state index contributed by atoms with van der Waals surface area (Å²) in [5.74, 6) is 3.29. The third kappa shape index (κ3) is 7.05.